The minimum absolute atomic E-state index is 0.0266. The molecule has 1 rings (SSSR count). The summed E-state index contributed by atoms with van der Waals surface area (Å²) in [5.41, 5.74) is 0. The highest BCUT2D eigenvalue weighted by Crippen LogP contribution is 2.25. The molecule has 0 spiro atoms. The third-order valence-electron chi connectivity index (χ3n) is 2.61. The summed E-state index contributed by atoms with van der Waals surface area (Å²) in [6.07, 6.45) is 5.20. The van der Waals surface area contributed by atoms with Crippen molar-refractivity contribution < 1.29 is 14.7 Å². The van der Waals surface area contributed by atoms with Crippen molar-refractivity contribution in [1.29, 1.82) is 0 Å². The van der Waals surface area contributed by atoms with E-state index < -0.39 is 6.61 Å². The summed E-state index contributed by atoms with van der Waals surface area (Å²) in [4.78, 5) is 22.2. The van der Waals surface area contributed by atoms with Crippen LogP contribution in [0.15, 0.2) is 0 Å². The SMILES string of the molecule is O=C(CO)CC(=O)C1CCCCC1. The third-order valence-corrected chi connectivity index (χ3v) is 2.61. The van der Waals surface area contributed by atoms with Gasteiger partial charge in [0.1, 0.15) is 12.4 Å². The van der Waals surface area contributed by atoms with Crippen LogP contribution < -0.4 is 0 Å². The number of aliphatic hydroxyl groups is 1. The zero-order valence-electron chi connectivity index (χ0n) is 7.79. The standard InChI is InChI=1S/C10H16O3/c11-7-9(12)6-10(13)8-4-2-1-3-5-8/h8,11H,1-7H2. The number of hydrogen-bond donors (Lipinski definition) is 1. The molecule has 0 aromatic rings. The quantitative estimate of drug-likeness (QED) is 0.665. The molecule has 3 nitrogen and oxygen atoms in total. The van der Waals surface area contributed by atoms with Gasteiger partial charge in [0.2, 0.25) is 0 Å². The molecular formula is C10H16O3. The van der Waals surface area contributed by atoms with E-state index in [4.69, 9.17) is 5.11 Å². The van der Waals surface area contributed by atoms with Crippen LogP contribution in [-0.2, 0) is 9.59 Å². The van der Waals surface area contributed by atoms with Gasteiger partial charge in [-0.25, -0.2) is 0 Å². The fraction of sp³-hybridized carbons (Fsp3) is 0.800. The number of hydrogen-bond acceptors (Lipinski definition) is 3. The van der Waals surface area contributed by atoms with Crippen LogP contribution in [0.5, 0.6) is 0 Å². The number of carbonyl (C=O) groups is 2. The predicted octanol–water partition coefficient (Wildman–Crippen LogP) is 1.09. The van der Waals surface area contributed by atoms with Crippen LogP contribution in [0.25, 0.3) is 0 Å². The maximum atomic E-state index is 11.4. The summed E-state index contributed by atoms with van der Waals surface area (Å²) in [5.74, 6) is -0.237. The average Bonchev–Trinajstić information content (AvgIpc) is 2.19. The van der Waals surface area contributed by atoms with E-state index >= 15 is 0 Å². The Morgan fingerprint density at radius 2 is 1.77 bits per heavy atom. The Morgan fingerprint density at radius 3 is 2.31 bits per heavy atom. The van der Waals surface area contributed by atoms with Gasteiger partial charge in [0.25, 0.3) is 0 Å². The molecule has 0 aromatic carbocycles. The normalized spacial score (nSPS) is 18.5. The van der Waals surface area contributed by atoms with Crippen molar-refractivity contribution in [3.63, 3.8) is 0 Å². The minimum atomic E-state index is -0.502. The second-order valence-electron chi connectivity index (χ2n) is 3.67. The highest BCUT2D eigenvalue weighted by molar-refractivity contribution is 6.00. The Hall–Kier alpha value is -0.700. The molecule has 3 heteroatoms. The molecule has 74 valence electrons. The predicted molar refractivity (Wildman–Crippen MR) is 48.3 cm³/mol. The smallest absolute Gasteiger partial charge is 0.165 e. The molecule has 0 unspecified atom stereocenters. The van der Waals surface area contributed by atoms with Crippen molar-refractivity contribution >= 4 is 11.6 Å². The van der Waals surface area contributed by atoms with Gasteiger partial charge in [-0.1, -0.05) is 19.3 Å². The van der Waals surface area contributed by atoms with E-state index in [0.29, 0.717) is 0 Å². The zero-order valence-corrected chi connectivity index (χ0v) is 7.79. The van der Waals surface area contributed by atoms with Crippen molar-refractivity contribution in [1.82, 2.24) is 0 Å². The number of carbonyl (C=O) groups excluding carboxylic acids is 2. The molecule has 1 fully saturated rings. The first-order valence-corrected chi connectivity index (χ1v) is 4.89. The summed E-state index contributed by atoms with van der Waals surface area (Å²) >= 11 is 0. The van der Waals surface area contributed by atoms with Crippen molar-refractivity contribution in [2.75, 3.05) is 6.61 Å². The number of Topliss-reactive ketones (excluding diaryl/α,β-unsaturated/α-hetero) is 2. The van der Waals surface area contributed by atoms with Crippen molar-refractivity contribution in [2.45, 2.75) is 38.5 Å². The maximum Gasteiger partial charge on any atom is 0.165 e. The number of aliphatic hydroxyl groups excluding tert-OH is 1. The number of ketones is 2. The highest BCUT2D eigenvalue weighted by Gasteiger charge is 2.22. The Morgan fingerprint density at radius 1 is 1.15 bits per heavy atom. The average molecular weight is 184 g/mol. The van der Waals surface area contributed by atoms with Crippen LogP contribution in [0.3, 0.4) is 0 Å². The van der Waals surface area contributed by atoms with Gasteiger partial charge in [-0.3, -0.25) is 9.59 Å². The summed E-state index contributed by atoms with van der Waals surface area (Å²) in [7, 11) is 0. The zero-order chi connectivity index (χ0) is 9.68. The van der Waals surface area contributed by atoms with Crippen LogP contribution in [0.1, 0.15) is 38.5 Å². The fourth-order valence-electron chi connectivity index (χ4n) is 1.82. The summed E-state index contributed by atoms with van der Waals surface area (Å²) in [5, 5.41) is 8.48. The van der Waals surface area contributed by atoms with Crippen molar-refractivity contribution in [3.8, 4) is 0 Å². The van der Waals surface area contributed by atoms with Gasteiger partial charge in [0.15, 0.2) is 5.78 Å². The van der Waals surface area contributed by atoms with E-state index in [1.54, 1.807) is 0 Å². The third kappa shape index (κ3) is 3.27. The Bertz CT molecular complexity index is 192. The van der Waals surface area contributed by atoms with E-state index in [1.165, 1.54) is 6.42 Å². The van der Waals surface area contributed by atoms with Crippen LogP contribution in [-0.4, -0.2) is 23.3 Å². The molecule has 13 heavy (non-hydrogen) atoms. The number of rotatable bonds is 4. The van der Waals surface area contributed by atoms with Crippen LogP contribution in [0.4, 0.5) is 0 Å². The second kappa shape index (κ2) is 5.12. The van der Waals surface area contributed by atoms with Crippen LogP contribution >= 0.6 is 0 Å². The first-order valence-electron chi connectivity index (χ1n) is 4.89. The van der Waals surface area contributed by atoms with Gasteiger partial charge < -0.3 is 5.11 Å². The molecule has 0 saturated heterocycles. The van der Waals surface area contributed by atoms with E-state index in [1.807, 2.05) is 0 Å². The van der Waals surface area contributed by atoms with Gasteiger partial charge in [-0.15, -0.1) is 0 Å². The largest absolute Gasteiger partial charge is 0.389 e. The molecule has 0 heterocycles. The molecule has 0 aliphatic heterocycles. The monoisotopic (exact) mass is 184 g/mol. The Labute approximate surface area is 78.1 Å². The van der Waals surface area contributed by atoms with Gasteiger partial charge >= 0.3 is 0 Å². The maximum absolute atomic E-state index is 11.4. The lowest BCUT2D eigenvalue weighted by molar-refractivity contribution is -0.131. The molecule has 1 saturated carbocycles. The van der Waals surface area contributed by atoms with E-state index in [9.17, 15) is 9.59 Å². The molecule has 0 bridgehead atoms. The van der Waals surface area contributed by atoms with Crippen LogP contribution in [0, 0.1) is 5.92 Å². The molecule has 1 aliphatic carbocycles. The molecular weight excluding hydrogens is 168 g/mol. The second-order valence-corrected chi connectivity index (χ2v) is 3.67. The van der Waals surface area contributed by atoms with Crippen molar-refractivity contribution in [3.05, 3.63) is 0 Å². The molecule has 0 atom stereocenters. The summed E-state index contributed by atoms with van der Waals surface area (Å²) in [6, 6.07) is 0. The van der Waals surface area contributed by atoms with E-state index in [-0.39, 0.29) is 23.9 Å². The summed E-state index contributed by atoms with van der Waals surface area (Å²) < 4.78 is 0. The van der Waals surface area contributed by atoms with Crippen molar-refractivity contribution in [2.24, 2.45) is 5.92 Å². The van der Waals surface area contributed by atoms with E-state index in [2.05, 4.69) is 0 Å². The van der Waals surface area contributed by atoms with Gasteiger partial charge in [-0.05, 0) is 12.8 Å². The summed E-state index contributed by atoms with van der Waals surface area (Å²) in [6.45, 7) is -0.502. The molecule has 1 aliphatic rings. The molecule has 0 amide bonds. The molecule has 0 radical (unpaired) electrons. The first kappa shape index (κ1) is 10.4. The van der Waals surface area contributed by atoms with E-state index in [0.717, 1.165) is 25.7 Å². The lowest BCUT2D eigenvalue weighted by Crippen LogP contribution is -2.21. The fourth-order valence-corrected chi connectivity index (χ4v) is 1.82. The lowest BCUT2D eigenvalue weighted by atomic mass is 9.85. The Kier molecular flexibility index (Phi) is 4.09. The lowest BCUT2D eigenvalue weighted by Gasteiger charge is -2.19. The topological polar surface area (TPSA) is 54.4 Å². The molecule has 1 N–H and O–H groups in total. The van der Waals surface area contributed by atoms with Crippen LogP contribution in [0.2, 0.25) is 0 Å². The van der Waals surface area contributed by atoms with Gasteiger partial charge in [0.05, 0.1) is 6.42 Å². The highest BCUT2D eigenvalue weighted by atomic mass is 16.3. The minimum Gasteiger partial charge on any atom is -0.389 e. The van der Waals surface area contributed by atoms with Gasteiger partial charge in [-0.2, -0.15) is 0 Å². The molecule has 0 aromatic heterocycles. The Balaban J connectivity index is 2.33. The van der Waals surface area contributed by atoms with Gasteiger partial charge in [0, 0.05) is 5.92 Å². The first-order chi connectivity index (χ1) is 6.24.